The molecular formula is C23H25N3O4S. The van der Waals surface area contributed by atoms with Crippen LogP contribution in [0.15, 0.2) is 53.4 Å². The van der Waals surface area contributed by atoms with Gasteiger partial charge in [0, 0.05) is 36.4 Å². The average molecular weight is 440 g/mol. The van der Waals surface area contributed by atoms with Crippen molar-refractivity contribution in [3.05, 3.63) is 71.0 Å². The number of carbonyl (C=O) groups excluding carboxylic acids is 1. The van der Waals surface area contributed by atoms with Crippen LogP contribution in [0.1, 0.15) is 22.5 Å². The van der Waals surface area contributed by atoms with E-state index in [0.29, 0.717) is 0 Å². The van der Waals surface area contributed by atoms with E-state index in [-0.39, 0.29) is 23.8 Å². The largest absolute Gasteiger partial charge is 0.497 e. The van der Waals surface area contributed by atoms with Crippen molar-refractivity contribution in [2.75, 3.05) is 19.1 Å². The molecule has 0 radical (unpaired) electrons. The molecular weight excluding hydrogens is 414 g/mol. The van der Waals surface area contributed by atoms with Crippen LogP contribution in [-0.2, 0) is 27.8 Å². The second kappa shape index (κ2) is 7.86. The third-order valence-electron chi connectivity index (χ3n) is 5.76. The molecule has 0 bridgehead atoms. The number of ether oxygens (including phenoxy) is 1. The molecule has 1 aromatic heterocycles. The summed E-state index contributed by atoms with van der Waals surface area (Å²) in [5.74, 6) is 0.741. The lowest BCUT2D eigenvalue weighted by atomic mass is 10.2. The Morgan fingerprint density at radius 3 is 2.45 bits per heavy atom. The fourth-order valence-electron chi connectivity index (χ4n) is 4.01. The van der Waals surface area contributed by atoms with E-state index in [1.165, 1.54) is 6.07 Å². The molecule has 1 amide bonds. The Hall–Kier alpha value is -3.10. The Balaban J connectivity index is 1.55. The first-order valence-corrected chi connectivity index (χ1v) is 11.4. The highest BCUT2D eigenvalue weighted by Crippen LogP contribution is 2.30. The van der Waals surface area contributed by atoms with Crippen molar-refractivity contribution in [2.24, 2.45) is 0 Å². The van der Waals surface area contributed by atoms with Crippen LogP contribution in [0.5, 0.6) is 5.75 Å². The van der Waals surface area contributed by atoms with Gasteiger partial charge < -0.3 is 14.2 Å². The number of hydrogen-bond acceptors (Lipinski definition) is 4. The van der Waals surface area contributed by atoms with Gasteiger partial charge in [-0.1, -0.05) is 0 Å². The van der Waals surface area contributed by atoms with E-state index in [2.05, 4.69) is 9.29 Å². The molecule has 0 unspecified atom stereocenters. The highest BCUT2D eigenvalue weighted by Gasteiger charge is 2.26. The molecule has 31 heavy (non-hydrogen) atoms. The smallest absolute Gasteiger partial charge is 0.240 e. The van der Waals surface area contributed by atoms with E-state index in [9.17, 15) is 13.2 Å². The number of nitrogens with one attached hydrogen (secondary N) is 1. The number of fused-ring (bicyclic) bond motifs is 1. The molecule has 0 saturated carbocycles. The molecule has 1 N–H and O–H groups in total. The molecule has 1 aliphatic rings. The van der Waals surface area contributed by atoms with Crippen molar-refractivity contribution in [1.29, 1.82) is 0 Å². The minimum atomic E-state index is -3.71. The van der Waals surface area contributed by atoms with Crippen LogP contribution < -0.4 is 14.4 Å². The van der Waals surface area contributed by atoms with Crippen LogP contribution in [0.3, 0.4) is 0 Å². The van der Waals surface area contributed by atoms with E-state index >= 15 is 0 Å². The zero-order valence-corrected chi connectivity index (χ0v) is 18.8. The molecule has 4 rings (SSSR count). The van der Waals surface area contributed by atoms with Gasteiger partial charge in [0.1, 0.15) is 5.75 Å². The summed E-state index contributed by atoms with van der Waals surface area (Å²) < 4.78 is 35.8. The van der Waals surface area contributed by atoms with Crippen molar-refractivity contribution >= 4 is 21.6 Å². The summed E-state index contributed by atoms with van der Waals surface area (Å²) >= 11 is 0. The summed E-state index contributed by atoms with van der Waals surface area (Å²) in [4.78, 5) is 13.6. The van der Waals surface area contributed by atoms with Crippen LogP contribution in [0.25, 0.3) is 5.69 Å². The topological polar surface area (TPSA) is 80.6 Å². The van der Waals surface area contributed by atoms with Gasteiger partial charge in [0.25, 0.3) is 0 Å². The Morgan fingerprint density at radius 2 is 1.77 bits per heavy atom. The van der Waals surface area contributed by atoms with Gasteiger partial charge >= 0.3 is 0 Å². The molecule has 2 aromatic carbocycles. The van der Waals surface area contributed by atoms with Gasteiger partial charge in [-0.2, -0.15) is 0 Å². The maximum Gasteiger partial charge on any atom is 0.240 e. The minimum absolute atomic E-state index is 0.0384. The van der Waals surface area contributed by atoms with Crippen LogP contribution in [0.4, 0.5) is 5.69 Å². The average Bonchev–Trinajstić information content (AvgIpc) is 3.20. The van der Waals surface area contributed by atoms with E-state index in [4.69, 9.17) is 4.74 Å². The highest BCUT2D eigenvalue weighted by molar-refractivity contribution is 7.89. The van der Waals surface area contributed by atoms with Crippen LogP contribution >= 0.6 is 0 Å². The van der Waals surface area contributed by atoms with Crippen LogP contribution in [0, 0.1) is 13.8 Å². The Morgan fingerprint density at radius 1 is 1.06 bits per heavy atom. The molecule has 8 heteroatoms. The Bertz CT molecular complexity index is 1260. The molecule has 7 nitrogen and oxygen atoms in total. The number of likely N-dealkylation sites (N-methyl/N-ethyl adjacent to an activating group) is 1. The first kappa shape index (κ1) is 21.1. The summed E-state index contributed by atoms with van der Waals surface area (Å²) in [5.41, 5.74) is 5.34. The van der Waals surface area contributed by atoms with E-state index in [0.717, 1.165) is 39.6 Å². The quantitative estimate of drug-likeness (QED) is 0.640. The molecule has 2 heterocycles. The van der Waals surface area contributed by atoms with E-state index < -0.39 is 10.0 Å². The standard InChI is InChI=1S/C23H25N3O4S/c1-15-11-18(16(2)26(15)19-5-7-20(30-4)8-6-19)14-24-31(28,29)21-9-10-22-17(12-21)13-23(27)25(22)3/h5-12,24H,13-14H2,1-4H3. The van der Waals surface area contributed by atoms with Gasteiger partial charge in [0.15, 0.2) is 0 Å². The van der Waals surface area contributed by atoms with Gasteiger partial charge in [-0.05, 0) is 73.5 Å². The van der Waals surface area contributed by atoms with E-state index in [1.54, 1.807) is 31.2 Å². The summed E-state index contributed by atoms with van der Waals surface area (Å²) in [6, 6.07) is 14.5. The lowest BCUT2D eigenvalue weighted by Gasteiger charge is -2.12. The number of amides is 1. The predicted octanol–water partition coefficient (Wildman–Crippen LogP) is 3.10. The molecule has 3 aromatic rings. The number of carbonyl (C=O) groups is 1. The monoisotopic (exact) mass is 439 g/mol. The normalized spacial score (nSPS) is 13.5. The number of nitrogens with zero attached hydrogens (tertiary/aromatic N) is 2. The zero-order chi connectivity index (χ0) is 22.3. The number of aryl methyl sites for hydroxylation is 1. The second-order valence-corrected chi connectivity index (χ2v) is 9.44. The molecule has 162 valence electrons. The Kier molecular flexibility index (Phi) is 5.36. The van der Waals surface area contributed by atoms with Gasteiger partial charge in [0.05, 0.1) is 18.4 Å². The SMILES string of the molecule is COc1ccc(-n2c(C)cc(CNS(=O)(=O)c3ccc4c(c3)CC(=O)N4C)c2C)cc1. The highest BCUT2D eigenvalue weighted by atomic mass is 32.2. The summed E-state index contributed by atoms with van der Waals surface area (Å²) in [6.45, 7) is 4.13. The fourth-order valence-corrected chi connectivity index (χ4v) is 5.06. The third kappa shape index (κ3) is 3.84. The first-order chi connectivity index (χ1) is 14.7. The van der Waals surface area contributed by atoms with Crippen LogP contribution in [0.2, 0.25) is 0 Å². The zero-order valence-electron chi connectivity index (χ0n) is 18.0. The molecule has 0 fully saturated rings. The number of sulfonamides is 1. The minimum Gasteiger partial charge on any atom is -0.497 e. The fraction of sp³-hybridized carbons (Fsp3) is 0.261. The van der Waals surface area contributed by atoms with Gasteiger partial charge in [0.2, 0.25) is 15.9 Å². The van der Waals surface area contributed by atoms with Crippen molar-refractivity contribution < 1.29 is 17.9 Å². The molecule has 0 spiro atoms. The van der Waals surface area contributed by atoms with Crippen molar-refractivity contribution in [3.63, 3.8) is 0 Å². The number of aromatic nitrogens is 1. The molecule has 1 aliphatic heterocycles. The number of methoxy groups -OCH3 is 1. The summed E-state index contributed by atoms with van der Waals surface area (Å²) in [7, 11) is -0.394. The van der Waals surface area contributed by atoms with Crippen molar-refractivity contribution in [1.82, 2.24) is 9.29 Å². The third-order valence-corrected chi connectivity index (χ3v) is 7.16. The van der Waals surface area contributed by atoms with E-state index in [1.807, 2.05) is 44.2 Å². The lowest BCUT2D eigenvalue weighted by molar-refractivity contribution is -0.117. The number of rotatable bonds is 6. The van der Waals surface area contributed by atoms with Gasteiger partial charge in [-0.15, -0.1) is 0 Å². The molecule has 0 saturated heterocycles. The summed E-state index contributed by atoms with van der Waals surface area (Å²) in [5, 5.41) is 0. The molecule has 0 atom stereocenters. The number of anilines is 1. The number of hydrogen-bond donors (Lipinski definition) is 1. The second-order valence-electron chi connectivity index (χ2n) is 7.67. The van der Waals surface area contributed by atoms with Gasteiger partial charge in [-0.3, -0.25) is 4.79 Å². The molecule has 0 aliphatic carbocycles. The Labute approximate surface area is 182 Å². The lowest BCUT2D eigenvalue weighted by Crippen LogP contribution is -2.23. The van der Waals surface area contributed by atoms with Gasteiger partial charge in [-0.25, -0.2) is 13.1 Å². The predicted molar refractivity (Wildman–Crippen MR) is 119 cm³/mol. The first-order valence-electron chi connectivity index (χ1n) is 9.92. The maximum atomic E-state index is 12.9. The van der Waals surface area contributed by atoms with Crippen molar-refractivity contribution in [2.45, 2.75) is 31.7 Å². The van der Waals surface area contributed by atoms with Crippen molar-refractivity contribution in [3.8, 4) is 11.4 Å². The van der Waals surface area contributed by atoms with Crippen LogP contribution in [-0.4, -0.2) is 33.0 Å². The maximum absolute atomic E-state index is 12.9. The number of benzene rings is 2. The summed E-state index contributed by atoms with van der Waals surface area (Å²) in [6.07, 6.45) is 0.220.